The Labute approximate surface area is 708 Å². The Morgan fingerprint density at radius 1 is 0.116 bits per heavy atom. The average molecular weight is 1540 g/mol. The summed E-state index contributed by atoms with van der Waals surface area (Å²) in [5.74, 6) is 0. The van der Waals surface area contributed by atoms with E-state index in [1.54, 1.807) is 0 Å². The summed E-state index contributed by atoms with van der Waals surface area (Å²) in [7, 11) is 0. The second kappa shape index (κ2) is 27.8. The molecule has 0 bridgehead atoms. The van der Waals surface area contributed by atoms with Gasteiger partial charge in [-0.05, 0) is 316 Å². The van der Waals surface area contributed by atoms with Crippen molar-refractivity contribution < 1.29 is 0 Å². The van der Waals surface area contributed by atoms with Gasteiger partial charge in [0.05, 0.1) is 0 Å². The normalized spacial score (nSPS) is 13.6. The molecule has 23 rings (SSSR count). The van der Waals surface area contributed by atoms with Gasteiger partial charge in [0.2, 0.25) is 0 Å². The van der Waals surface area contributed by atoms with Gasteiger partial charge in [0, 0.05) is 16.2 Å². The standard InChI is InChI=1S/C121H86/c1-119(2)109-41-25-23-35-95(109)97-59-55-87(73-113(97)119)115-101-37-19-20-38-102(101)116(88-56-60-98-96-36-24-26-42-110(96)120(3,4)114(98)74-88)107-69-83(53-61-105(107)115)79-43-47-81(48-44-79)85-51-57-99-100-58-52-86(72-112(100)121(5,6)111(99)71-85)82-49-45-80(46-50-82)84-54-62-106-108(70-84)118(94-67-91(77-31-15-9-16-32-77)64-92(68-94)78-33-17-10-18-34-78)104-40-22-21-39-103(104)117(106)93-65-89(75-27-11-7-12-28-75)63-90(66-93)76-29-13-8-14-30-76/h7-74H,1-6H3. The summed E-state index contributed by atoms with van der Waals surface area (Å²) in [5.41, 5.74) is 44.6. The van der Waals surface area contributed by atoms with E-state index in [0.29, 0.717) is 0 Å². The van der Waals surface area contributed by atoms with Gasteiger partial charge < -0.3 is 0 Å². The zero-order valence-corrected chi connectivity index (χ0v) is 68.8. The van der Waals surface area contributed by atoms with Gasteiger partial charge in [-0.2, -0.15) is 0 Å². The fourth-order valence-corrected chi connectivity index (χ4v) is 21.2. The number of hydrogen-bond acceptors (Lipinski definition) is 0. The molecule has 20 aromatic rings. The fourth-order valence-electron chi connectivity index (χ4n) is 21.2. The zero-order chi connectivity index (χ0) is 81.0. The Kier molecular flexibility index (Phi) is 16.5. The SMILES string of the molecule is CC1(C)c2cc(-c3ccc(-c4ccc5c(-c6cc(-c7ccccc7)cc(-c7ccccc7)c6)c6ccccc6c(-c6cc(-c7ccccc7)cc(-c7ccccc7)c6)c5c4)cc3)ccc2-c2ccc(-c3ccc(-c4ccc5c(-c6ccc7c(c6)C(C)(C)c6ccccc6-7)c6ccccc6c(-c6ccc7c(c6)C(C)(C)c6ccccc6-7)c5c4)cc3)cc21. The Balaban J connectivity index is 0.592. The number of fused-ring (bicyclic) bond motifs is 13. The van der Waals surface area contributed by atoms with E-state index in [1.807, 2.05) is 0 Å². The van der Waals surface area contributed by atoms with Crippen molar-refractivity contribution in [2.75, 3.05) is 0 Å². The van der Waals surface area contributed by atoms with Crippen LogP contribution in [0.2, 0.25) is 0 Å². The molecule has 0 radical (unpaired) electrons. The molecule has 3 aliphatic carbocycles. The molecule has 0 saturated carbocycles. The molecule has 0 spiro atoms. The van der Waals surface area contributed by atoms with Crippen LogP contribution in [0.4, 0.5) is 0 Å². The smallest absolute Gasteiger partial charge is 0.0159 e. The molecular formula is C121H86. The minimum Gasteiger partial charge on any atom is -0.0622 e. The third kappa shape index (κ3) is 11.6. The average Bonchev–Trinajstić information content (AvgIpc) is 1.69. The maximum Gasteiger partial charge on any atom is 0.0159 e. The van der Waals surface area contributed by atoms with Crippen LogP contribution >= 0.6 is 0 Å². The summed E-state index contributed by atoms with van der Waals surface area (Å²) >= 11 is 0. The van der Waals surface area contributed by atoms with Crippen LogP contribution in [0.3, 0.4) is 0 Å². The van der Waals surface area contributed by atoms with Crippen LogP contribution in [-0.2, 0) is 16.2 Å². The molecule has 0 unspecified atom stereocenters. The van der Waals surface area contributed by atoms with Gasteiger partial charge in [0.15, 0.2) is 0 Å². The lowest BCUT2D eigenvalue weighted by molar-refractivity contribution is 0.660. The third-order valence-corrected chi connectivity index (χ3v) is 27.4. The first kappa shape index (κ1) is 71.7. The zero-order valence-electron chi connectivity index (χ0n) is 68.8. The lowest BCUT2D eigenvalue weighted by Gasteiger charge is -2.24. The molecule has 0 amide bonds. The van der Waals surface area contributed by atoms with E-state index in [2.05, 4.69) is 454 Å². The molecule has 0 aliphatic heterocycles. The van der Waals surface area contributed by atoms with E-state index in [9.17, 15) is 0 Å². The van der Waals surface area contributed by atoms with Gasteiger partial charge in [-0.3, -0.25) is 0 Å². The molecule has 20 aromatic carbocycles. The van der Waals surface area contributed by atoms with Crippen molar-refractivity contribution in [3.8, 4) is 167 Å². The quantitative estimate of drug-likeness (QED) is 0.107. The van der Waals surface area contributed by atoms with E-state index in [1.165, 1.54) is 243 Å². The molecule has 0 aromatic heterocycles. The molecule has 121 heavy (non-hydrogen) atoms. The summed E-state index contributed by atoms with van der Waals surface area (Å²) in [5, 5.41) is 9.87. The second-order valence-electron chi connectivity index (χ2n) is 35.3. The van der Waals surface area contributed by atoms with Crippen LogP contribution in [0.5, 0.6) is 0 Å². The molecule has 0 atom stereocenters. The van der Waals surface area contributed by atoms with Crippen LogP contribution < -0.4 is 0 Å². The molecule has 0 N–H and O–H groups in total. The summed E-state index contributed by atoms with van der Waals surface area (Å²) in [6.07, 6.45) is 0. The molecule has 0 heteroatoms. The van der Waals surface area contributed by atoms with E-state index in [0.717, 1.165) is 0 Å². The highest BCUT2D eigenvalue weighted by atomic mass is 14.4. The second-order valence-corrected chi connectivity index (χ2v) is 35.3. The van der Waals surface area contributed by atoms with Crippen LogP contribution in [0.15, 0.2) is 413 Å². The van der Waals surface area contributed by atoms with Crippen molar-refractivity contribution in [2.45, 2.75) is 57.8 Å². The summed E-state index contributed by atoms with van der Waals surface area (Å²) in [6.45, 7) is 14.4. The fraction of sp³-hybridized carbons (Fsp3) is 0.0744. The molecule has 570 valence electrons. The lowest BCUT2D eigenvalue weighted by atomic mass is 9.79. The van der Waals surface area contributed by atoms with Crippen LogP contribution in [0.25, 0.3) is 210 Å². The minimum atomic E-state index is -0.248. The number of rotatable bonds is 12. The monoisotopic (exact) mass is 1540 g/mol. The highest BCUT2D eigenvalue weighted by Gasteiger charge is 2.39. The summed E-state index contributed by atoms with van der Waals surface area (Å²) < 4.78 is 0. The maximum atomic E-state index is 2.51. The highest BCUT2D eigenvalue weighted by molar-refractivity contribution is 6.24. The minimum absolute atomic E-state index is 0.133. The third-order valence-electron chi connectivity index (χ3n) is 27.4. The lowest BCUT2D eigenvalue weighted by Crippen LogP contribution is -2.15. The predicted molar refractivity (Wildman–Crippen MR) is 514 cm³/mol. The van der Waals surface area contributed by atoms with Gasteiger partial charge in [-0.25, -0.2) is 0 Å². The Hall–Kier alpha value is -14.6. The van der Waals surface area contributed by atoms with Gasteiger partial charge >= 0.3 is 0 Å². The Morgan fingerprint density at radius 2 is 0.314 bits per heavy atom. The maximum absolute atomic E-state index is 2.51. The van der Waals surface area contributed by atoms with Crippen molar-refractivity contribution in [3.63, 3.8) is 0 Å². The Bertz CT molecular complexity index is 7530. The van der Waals surface area contributed by atoms with Crippen molar-refractivity contribution in [1.29, 1.82) is 0 Å². The first-order chi connectivity index (χ1) is 59.2. The topological polar surface area (TPSA) is 0 Å². The molecular weight excluding hydrogens is 1450 g/mol. The Morgan fingerprint density at radius 3 is 0.645 bits per heavy atom. The molecule has 0 fully saturated rings. The van der Waals surface area contributed by atoms with Crippen LogP contribution in [0.1, 0.15) is 74.9 Å². The van der Waals surface area contributed by atoms with Crippen molar-refractivity contribution in [1.82, 2.24) is 0 Å². The van der Waals surface area contributed by atoms with Gasteiger partial charge in [-0.15, -0.1) is 0 Å². The van der Waals surface area contributed by atoms with Gasteiger partial charge in [0.25, 0.3) is 0 Å². The number of benzene rings is 20. The van der Waals surface area contributed by atoms with Crippen molar-refractivity contribution >= 4 is 43.1 Å². The predicted octanol–water partition coefficient (Wildman–Crippen LogP) is 33.2. The van der Waals surface area contributed by atoms with Gasteiger partial charge in [0.1, 0.15) is 0 Å². The first-order valence-electron chi connectivity index (χ1n) is 42.7. The van der Waals surface area contributed by atoms with Crippen LogP contribution in [0, 0.1) is 0 Å². The van der Waals surface area contributed by atoms with E-state index >= 15 is 0 Å². The van der Waals surface area contributed by atoms with Gasteiger partial charge in [-0.1, -0.05) is 381 Å². The molecule has 0 heterocycles. The molecule has 3 aliphatic rings. The van der Waals surface area contributed by atoms with E-state index < -0.39 is 0 Å². The van der Waals surface area contributed by atoms with Crippen molar-refractivity contribution in [2.24, 2.45) is 0 Å². The highest BCUT2D eigenvalue weighted by Crippen LogP contribution is 2.57. The van der Waals surface area contributed by atoms with E-state index in [-0.39, 0.29) is 16.2 Å². The van der Waals surface area contributed by atoms with E-state index in [4.69, 9.17) is 0 Å². The largest absolute Gasteiger partial charge is 0.0622 e. The summed E-state index contributed by atoms with van der Waals surface area (Å²) in [4.78, 5) is 0. The molecule has 0 nitrogen and oxygen atoms in total. The summed E-state index contributed by atoms with van der Waals surface area (Å²) in [6, 6.07) is 156. The van der Waals surface area contributed by atoms with Crippen LogP contribution in [-0.4, -0.2) is 0 Å². The number of hydrogen-bond donors (Lipinski definition) is 0. The first-order valence-corrected chi connectivity index (χ1v) is 42.7. The van der Waals surface area contributed by atoms with Crippen molar-refractivity contribution in [3.05, 3.63) is 446 Å². The molecule has 0 saturated heterocycles.